The van der Waals surface area contributed by atoms with Crippen molar-refractivity contribution < 1.29 is 0 Å². The Balaban J connectivity index is 2.04. The highest BCUT2D eigenvalue weighted by Gasteiger charge is 2.23. The third-order valence-electron chi connectivity index (χ3n) is 4.27. The number of rotatable bonds is 8. The van der Waals surface area contributed by atoms with Crippen LogP contribution in [0.15, 0.2) is 0 Å². The number of thiazole rings is 1. The molecule has 0 unspecified atom stereocenters. The van der Waals surface area contributed by atoms with Gasteiger partial charge in [-0.05, 0) is 31.7 Å². The van der Waals surface area contributed by atoms with Crippen LogP contribution in [0.25, 0.3) is 0 Å². The molecule has 1 aromatic rings. The number of hydrogen-bond acceptors (Lipinski definition) is 4. The first-order valence-electron chi connectivity index (χ1n) is 8.54. The summed E-state index contributed by atoms with van der Waals surface area (Å²) in [6.45, 7) is 8.81. The zero-order valence-electron chi connectivity index (χ0n) is 14.1. The van der Waals surface area contributed by atoms with Gasteiger partial charge in [0.1, 0.15) is 0 Å². The van der Waals surface area contributed by atoms with Crippen molar-refractivity contribution in [3.05, 3.63) is 10.6 Å². The van der Waals surface area contributed by atoms with Gasteiger partial charge in [-0.3, -0.25) is 0 Å². The van der Waals surface area contributed by atoms with Crippen molar-refractivity contribution in [1.29, 1.82) is 0 Å². The zero-order chi connectivity index (χ0) is 15.2. The van der Waals surface area contributed by atoms with E-state index in [2.05, 4.69) is 38.0 Å². The Hall–Kier alpha value is -0.610. The van der Waals surface area contributed by atoms with E-state index in [1.54, 1.807) is 0 Å². The fourth-order valence-electron chi connectivity index (χ4n) is 3.01. The van der Waals surface area contributed by atoms with Crippen molar-refractivity contribution in [2.75, 3.05) is 18.5 Å². The van der Waals surface area contributed by atoms with Crippen LogP contribution in [0, 0.1) is 5.92 Å². The van der Waals surface area contributed by atoms with Gasteiger partial charge in [-0.1, -0.05) is 40.0 Å². The lowest BCUT2D eigenvalue weighted by Gasteiger charge is -2.23. The molecule has 0 saturated heterocycles. The highest BCUT2D eigenvalue weighted by molar-refractivity contribution is 7.15. The van der Waals surface area contributed by atoms with Crippen LogP contribution in [-0.4, -0.2) is 24.6 Å². The number of nitrogens with one attached hydrogen (secondary N) is 1. The van der Waals surface area contributed by atoms with Crippen LogP contribution >= 0.6 is 11.3 Å². The smallest absolute Gasteiger partial charge is 0.185 e. The molecule has 1 N–H and O–H groups in total. The molecule has 1 aromatic heterocycles. The molecular weight excluding hydrogens is 278 g/mol. The Labute approximate surface area is 134 Å². The molecule has 0 bridgehead atoms. The van der Waals surface area contributed by atoms with E-state index >= 15 is 0 Å². The minimum Gasteiger partial charge on any atom is -0.348 e. The van der Waals surface area contributed by atoms with E-state index in [1.165, 1.54) is 47.8 Å². The first kappa shape index (κ1) is 16.8. The van der Waals surface area contributed by atoms with E-state index in [-0.39, 0.29) is 0 Å². The van der Waals surface area contributed by atoms with Crippen LogP contribution < -0.4 is 10.2 Å². The molecule has 1 fully saturated rings. The molecule has 0 spiro atoms. The van der Waals surface area contributed by atoms with Gasteiger partial charge in [-0.15, -0.1) is 11.3 Å². The van der Waals surface area contributed by atoms with Crippen molar-refractivity contribution in [1.82, 2.24) is 10.3 Å². The molecule has 0 aromatic carbocycles. The Morgan fingerprint density at radius 2 is 2.05 bits per heavy atom. The Bertz CT molecular complexity index is 422. The largest absolute Gasteiger partial charge is 0.348 e. The van der Waals surface area contributed by atoms with Crippen molar-refractivity contribution >= 4 is 16.5 Å². The van der Waals surface area contributed by atoms with Crippen LogP contribution in [-0.2, 0) is 13.0 Å². The number of aromatic nitrogens is 1. The van der Waals surface area contributed by atoms with Crippen LogP contribution in [0.3, 0.4) is 0 Å². The quantitative estimate of drug-likeness (QED) is 0.779. The van der Waals surface area contributed by atoms with E-state index < -0.39 is 0 Å². The van der Waals surface area contributed by atoms with E-state index in [0.717, 1.165) is 19.5 Å². The number of anilines is 1. The van der Waals surface area contributed by atoms with Crippen LogP contribution in [0.5, 0.6) is 0 Å². The molecule has 1 aliphatic carbocycles. The highest BCUT2D eigenvalue weighted by Crippen LogP contribution is 2.32. The average molecular weight is 310 g/mol. The molecule has 1 heterocycles. The molecular formula is C17H31N3S. The maximum Gasteiger partial charge on any atom is 0.185 e. The first-order valence-corrected chi connectivity index (χ1v) is 9.35. The van der Waals surface area contributed by atoms with Crippen molar-refractivity contribution in [2.45, 2.75) is 71.9 Å². The van der Waals surface area contributed by atoms with Crippen LogP contribution in [0.2, 0.25) is 0 Å². The van der Waals surface area contributed by atoms with Crippen LogP contribution in [0.1, 0.15) is 63.4 Å². The fraction of sp³-hybridized carbons (Fsp3) is 0.824. The molecule has 0 radical (unpaired) electrons. The lowest BCUT2D eigenvalue weighted by Crippen LogP contribution is -2.28. The number of hydrogen-bond donors (Lipinski definition) is 1. The molecule has 0 atom stereocenters. The predicted octanol–water partition coefficient (Wildman–Crippen LogP) is 4.22. The van der Waals surface area contributed by atoms with Crippen molar-refractivity contribution in [2.24, 2.45) is 5.92 Å². The van der Waals surface area contributed by atoms with E-state index in [1.807, 2.05) is 11.3 Å². The Kier molecular flexibility index (Phi) is 6.49. The second-order valence-electron chi connectivity index (χ2n) is 6.69. The normalized spacial score (nSPS) is 16.0. The zero-order valence-corrected chi connectivity index (χ0v) is 14.9. The predicted molar refractivity (Wildman–Crippen MR) is 93.3 cm³/mol. The number of nitrogens with zero attached hydrogens (tertiary/aromatic N) is 2. The maximum absolute atomic E-state index is 4.95. The standard InChI is InChI=1S/C17H31N3S/c1-5-8-15-16(12-18-11-13(2)3)21-17(19-15)20(4)14-9-6-7-10-14/h13-14,18H,5-12H2,1-4H3. The number of aryl methyl sites for hydroxylation is 1. The van der Waals surface area contributed by atoms with Gasteiger partial charge in [0.25, 0.3) is 0 Å². The summed E-state index contributed by atoms with van der Waals surface area (Å²) in [6, 6.07) is 0.710. The van der Waals surface area contributed by atoms with Gasteiger partial charge in [0.15, 0.2) is 5.13 Å². The molecule has 4 heteroatoms. The minimum atomic E-state index is 0.702. The van der Waals surface area contributed by atoms with Gasteiger partial charge in [0.05, 0.1) is 5.69 Å². The van der Waals surface area contributed by atoms with Crippen LogP contribution in [0.4, 0.5) is 5.13 Å². The third kappa shape index (κ3) is 4.68. The summed E-state index contributed by atoms with van der Waals surface area (Å²) in [5.41, 5.74) is 1.32. The summed E-state index contributed by atoms with van der Waals surface area (Å²) in [7, 11) is 2.23. The highest BCUT2D eigenvalue weighted by atomic mass is 32.1. The molecule has 21 heavy (non-hydrogen) atoms. The second-order valence-corrected chi connectivity index (χ2v) is 7.75. The summed E-state index contributed by atoms with van der Waals surface area (Å²) in [5, 5.41) is 4.80. The first-order chi connectivity index (χ1) is 10.1. The van der Waals surface area contributed by atoms with Crippen molar-refractivity contribution in [3.8, 4) is 0 Å². The summed E-state index contributed by atoms with van der Waals surface area (Å²) in [6.07, 6.45) is 7.71. The summed E-state index contributed by atoms with van der Waals surface area (Å²) < 4.78 is 0. The minimum absolute atomic E-state index is 0.702. The van der Waals surface area contributed by atoms with Gasteiger partial charge in [0, 0.05) is 24.5 Å². The van der Waals surface area contributed by atoms with Gasteiger partial charge in [0.2, 0.25) is 0 Å². The summed E-state index contributed by atoms with van der Waals surface area (Å²) in [5.74, 6) is 0.702. The topological polar surface area (TPSA) is 28.2 Å². The van der Waals surface area contributed by atoms with E-state index in [9.17, 15) is 0 Å². The molecule has 120 valence electrons. The van der Waals surface area contributed by atoms with Gasteiger partial charge in [-0.25, -0.2) is 4.98 Å². The Morgan fingerprint density at radius 3 is 2.67 bits per heavy atom. The maximum atomic E-state index is 4.95. The lowest BCUT2D eigenvalue weighted by molar-refractivity contribution is 0.553. The second kappa shape index (κ2) is 8.14. The van der Waals surface area contributed by atoms with E-state index in [4.69, 9.17) is 4.98 Å². The monoisotopic (exact) mass is 309 g/mol. The third-order valence-corrected chi connectivity index (χ3v) is 5.45. The summed E-state index contributed by atoms with van der Waals surface area (Å²) in [4.78, 5) is 8.82. The molecule has 0 aliphatic heterocycles. The average Bonchev–Trinajstić information content (AvgIpc) is 3.08. The Morgan fingerprint density at radius 1 is 1.33 bits per heavy atom. The van der Waals surface area contributed by atoms with Gasteiger partial charge < -0.3 is 10.2 Å². The summed E-state index contributed by atoms with van der Waals surface area (Å²) >= 11 is 1.90. The van der Waals surface area contributed by atoms with Gasteiger partial charge in [-0.2, -0.15) is 0 Å². The van der Waals surface area contributed by atoms with E-state index in [0.29, 0.717) is 12.0 Å². The lowest BCUT2D eigenvalue weighted by atomic mass is 10.2. The fourth-order valence-corrected chi connectivity index (χ4v) is 4.12. The van der Waals surface area contributed by atoms with Gasteiger partial charge >= 0.3 is 0 Å². The molecule has 0 amide bonds. The SMILES string of the molecule is CCCc1nc(N(C)C2CCCC2)sc1CNCC(C)C. The molecule has 1 saturated carbocycles. The van der Waals surface area contributed by atoms with Crippen molar-refractivity contribution in [3.63, 3.8) is 0 Å². The molecule has 3 nitrogen and oxygen atoms in total. The molecule has 1 aliphatic rings. The molecule has 2 rings (SSSR count).